The fraction of sp³-hybridized carbons (Fsp3) is 0.400. The van der Waals surface area contributed by atoms with Gasteiger partial charge < -0.3 is 15.0 Å². The smallest absolute Gasteiger partial charge is 0.341 e. The second kappa shape index (κ2) is 10.3. The second-order valence-corrected chi connectivity index (χ2v) is 8.77. The number of thiophene rings is 1. The molecular formula is C20H25ClN2O3S2. The normalized spacial score (nSPS) is 13.4. The van der Waals surface area contributed by atoms with Gasteiger partial charge in [0.05, 0.1) is 12.2 Å². The number of anilines is 1. The molecule has 1 aliphatic rings. The van der Waals surface area contributed by atoms with Gasteiger partial charge in [-0.1, -0.05) is 13.0 Å². The van der Waals surface area contributed by atoms with Gasteiger partial charge in [0, 0.05) is 28.4 Å². The van der Waals surface area contributed by atoms with Gasteiger partial charge in [0.25, 0.3) is 5.91 Å². The van der Waals surface area contributed by atoms with E-state index in [2.05, 4.69) is 24.2 Å². The number of esters is 1. The standard InChI is InChI=1S/C20H24N2O3S2.ClH/c1-4-25-20(24)17-15-9-10-22(3)12-16(15)27-19(17)21-18(23)13-7-6-8-14(11-13)26-5-2;/h6-8,11H,4-5,9-10,12H2,1-3H3,(H,21,23);1H. The highest BCUT2D eigenvalue weighted by molar-refractivity contribution is 7.99. The molecule has 8 heteroatoms. The number of hydrogen-bond donors (Lipinski definition) is 1. The zero-order valence-corrected chi connectivity index (χ0v) is 18.7. The molecule has 0 bridgehead atoms. The average molecular weight is 441 g/mol. The van der Waals surface area contributed by atoms with Gasteiger partial charge in [-0.3, -0.25) is 4.79 Å². The Morgan fingerprint density at radius 2 is 2.11 bits per heavy atom. The summed E-state index contributed by atoms with van der Waals surface area (Å²) in [5, 5.41) is 3.55. The molecule has 0 atom stereocenters. The Hall–Kier alpha value is -1.54. The summed E-state index contributed by atoms with van der Waals surface area (Å²) >= 11 is 3.17. The number of thioether (sulfide) groups is 1. The van der Waals surface area contributed by atoms with Gasteiger partial charge in [0.2, 0.25) is 0 Å². The van der Waals surface area contributed by atoms with Gasteiger partial charge >= 0.3 is 5.97 Å². The largest absolute Gasteiger partial charge is 0.462 e. The summed E-state index contributed by atoms with van der Waals surface area (Å²) < 4.78 is 5.26. The Kier molecular flexibility index (Phi) is 8.37. The van der Waals surface area contributed by atoms with Crippen LogP contribution in [0.3, 0.4) is 0 Å². The maximum absolute atomic E-state index is 12.8. The van der Waals surface area contributed by atoms with Gasteiger partial charge in [-0.2, -0.15) is 0 Å². The molecule has 3 rings (SSSR count). The summed E-state index contributed by atoms with van der Waals surface area (Å²) in [6.07, 6.45) is 0.787. The maximum Gasteiger partial charge on any atom is 0.341 e. The molecule has 2 heterocycles. The molecule has 1 aromatic carbocycles. The van der Waals surface area contributed by atoms with E-state index in [-0.39, 0.29) is 24.3 Å². The van der Waals surface area contributed by atoms with Gasteiger partial charge in [-0.15, -0.1) is 35.5 Å². The first-order valence-electron chi connectivity index (χ1n) is 9.07. The lowest BCUT2D eigenvalue weighted by Crippen LogP contribution is -2.26. The van der Waals surface area contributed by atoms with Crippen molar-refractivity contribution in [1.29, 1.82) is 0 Å². The number of amides is 1. The molecule has 5 nitrogen and oxygen atoms in total. The molecule has 152 valence electrons. The van der Waals surface area contributed by atoms with Crippen molar-refractivity contribution in [2.24, 2.45) is 0 Å². The van der Waals surface area contributed by atoms with Crippen molar-refractivity contribution in [3.63, 3.8) is 0 Å². The minimum absolute atomic E-state index is 0. The number of fused-ring (bicyclic) bond motifs is 1. The molecule has 28 heavy (non-hydrogen) atoms. The van der Waals surface area contributed by atoms with Crippen molar-refractivity contribution < 1.29 is 14.3 Å². The van der Waals surface area contributed by atoms with E-state index in [4.69, 9.17) is 4.74 Å². The molecule has 1 N–H and O–H groups in total. The molecule has 0 saturated heterocycles. The number of benzene rings is 1. The van der Waals surface area contributed by atoms with E-state index in [1.54, 1.807) is 24.8 Å². The summed E-state index contributed by atoms with van der Waals surface area (Å²) in [4.78, 5) is 29.8. The van der Waals surface area contributed by atoms with Crippen LogP contribution in [-0.4, -0.2) is 42.7 Å². The quantitative estimate of drug-likeness (QED) is 0.521. The van der Waals surface area contributed by atoms with Crippen LogP contribution in [0.4, 0.5) is 5.00 Å². The maximum atomic E-state index is 12.8. The van der Waals surface area contributed by atoms with Crippen molar-refractivity contribution in [2.75, 3.05) is 31.3 Å². The van der Waals surface area contributed by atoms with Gasteiger partial charge in [0.15, 0.2) is 0 Å². The SMILES string of the molecule is CCOC(=O)c1c(NC(=O)c2cccc(SCC)c2)sc2c1CCN(C)C2.Cl. The highest BCUT2D eigenvalue weighted by Crippen LogP contribution is 2.37. The minimum atomic E-state index is -0.356. The number of nitrogens with one attached hydrogen (secondary N) is 1. The van der Waals surface area contributed by atoms with E-state index in [1.807, 2.05) is 18.2 Å². The third-order valence-corrected chi connectivity index (χ3v) is 6.37. The third-order valence-electron chi connectivity index (χ3n) is 4.36. The molecule has 0 unspecified atom stereocenters. The lowest BCUT2D eigenvalue weighted by atomic mass is 10.0. The molecule has 2 aromatic rings. The number of rotatable bonds is 6. The highest BCUT2D eigenvalue weighted by atomic mass is 35.5. The lowest BCUT2D eigenvalue weighted by Gasteiger charge is -2.22. The Labute approximate surface area is 180 Å². The topological polar surface area (TPSA) is 58.6 Å². The van der Waals surface area contributed by atoms with Crippen LogP contribution in [-0.2, 0) is 17.7 Å². The molecule has 0 aliphatic carbocycles. The molecule has 0 saturated carbocycles. The van der Waals surface area contributed by atoms with Crippen molar-refractivity contribution in [3.8, 4) is 0 Å². The molecule has 1 aromatic heterocycles. The molecular weight excluding hydrogens is 416 g/mol. The Balaban J connectivity index is 0.00000280. The number of likely N-dealkylation sites (N-methyl/N-ethyl adjacent to an activating group) is 1. The van der Waals surface area contributed by atoms with Gasteiger partial charge in [0.1, 0.15) is 5.00 Å². The summed E-state index contributed by atoms with van der Waals surface area (Å²) in [6.45, 7) is 5.85. The van der Waals surface area contributed by atoms with Crippen LogP contribution < -0.4 is 5.32 Å². The van der Waals surface area contributed by atoms with Crippen LogP contribution in [0.15, 0.2) is 29.2 Å². The highest BCUT2D eigenvalue weighted by Gasteiger charge is 2.28. The van der Waals surface area contributed by atoms with Gasteiger partial charge in [-0.25, -0.2) is 4.79 Å². The summed E-state index contributed by atoms with van der Waals surface area (Å²) in [7, 11) is 2.06. The summed E-state index contributed by atoms with van der Waals surface area (Å²) in [6, 6.07) is 7.55. The van der Waals surface area contributed by atoms with Crippen molar-refractivity contribution in [1.82, 2.24) is 4.90 Å². The minimum Gasteiger partial charge on any atom is -0.462 e. The summed E-state index contributed by atoms with van der Waals surface area (Å²) in [5.74, 6) is 0.389. The number of carbonyl (C=O) groups excluding carboxylic acids is 2. The first kappa shape index (κ1) is 22.7. The van der Waals surface area contributed by atoms with Crippen LogP contribution in [0.1, 0.15) is 45.0 Å². The fourth-order valence-corrected chi connectivity index (χ4v) is 5.14. The zero-order chi connectivity index (χ0) is 19.4. The van der Waals surface area contributed by atoms with Crippen LogP contribution in [0, 0.1) is 0 Å². The van der Waals surface area contributed by atoms with Crippen LogP contribution >= 0.6 is 35.5 Å². The Bertz CT molecular complexity index is 854. The van der Waals surface area contributed by atoms with Gasteiger partial charge in [-0.05, 0) is 49.9 Å². The van der Waals surface area contributed by atoms with E-state index in [0.29, 0.717) is 22.7 Å². The zero-order valence-electron chi connectivity index (χ0n) is 16.2. The lowest BCUT2D eigenvalue weighted by molar-refractivity contribution is 0.0526. The molecule has 1 amide bonds. The van der Waals surface area contributed by atoms with Crippen LogP contribution in [0.2, 0.25) is 0 Å². The van der Waals surface area contributed by atoms with Crippen molar-refractivity contribution >= 4 is 52.4 Å². The van der Waals surface area contributed by atoms with Crippen LogP contribution in [0.5, 0.6) is 0 Å². The van der Waals surface area contributed by atoms with E-state index in [0.717, 1.165) is 40.6 Å². The van der Waals surface area contributed by atoms with E-state index in [9.17, 15) is 9.59 Å². The number of carbonyl (C=O) groups is 2. The van der Waals surface area contributed by atoms with E-state index in [1.165, 1.54) is 11.3 Å². The Morgan fingerprint density at radius 1 is 1.32 bits per heavy atom. The summed E-state index contributed by atoms with van der Waals surface area (Å²) in [5.41, 5.74) is 2.13. The van der Waals surface area contributed by atoms with Crippen molar-refractivity contribution in [2.45, 2.75) is 31.7 Å². The number of nitrogens with zero attached hydrogens (tertiary/aromatic N) is 1. The number of hydrogen-bond acceptors (Lipinski definition) is 6. The molecule has 0 spiro atoms. The van der Waals surface area contributed by atoms with Crippen LogP contribution in [0.25, 0.3) is 0 Å². The fourth-order valence-electron chi connectivity index (χ4n) is 3.11. The average Bonchev–Trinajstić information content (AvgIpc) is 2.99. The molecule has 0 radical (unpaired) electrons. The second-order valence-electron chi connectivity index (χ2n) is 6.33. The third kappa shape index (κ3) is 5.08. The first-order valence-corrected chi connectivity index (χ1v) is 10.9. The predicted molar refractivity (Wildman–Crippen MR) is 118 cm³/mol. The van der Waals surface area contributed by atoms with Crippen molar-refractivity contribution in [3.05, 3.63) is 45.8 Å². The Morgan fingerprint density at radius 3 is 2.82 bits per heavy atom. The molecule has 0 fully saturated rings. The van der Waals surface area contributed by atoms with E-state index < -0.39 is 0 Å². The molecule has 1 aliphatic heterocycles. The van der Waals surface area contributed by atoms with E-state index >= 15 is 0 Å². The first-order chi connectivity index (χ1) is 13.0. The number of halogens is 1. The number of ether oxygens (including phenoxy) is 1. The monoisotopic (exact) mass is 440 g/mol. The predicted octanol–water partition coefficient (Wildman–Crippen LogP) is 4.70.